The molecule has 11 heteroatoms. The molecule has 2 unspecified atom stereocenters. The number of amides is 2. The van der Waals surface area contributed by atoms with Gasteiger partial charge in [0, 0.05) is 24.9 Å². The van der Waals surface area contributed by atoms with E-state index in [-0.39, 0.29) is 23.3 Å². The molecular formula is C18H22ClFN6O2S. The van der Waals surface area contributed by atoms with Crippen LogP contribution in [-0.4, -0.2) is 45.0 Å². The van der Waals surface area contributed by atoms with E-state index < -0.39 is 17.9 Å². The Morgan fingerprint density at radius 3 is 2.76 bits per heavy atom. The lowest BCUT2D eigenvalue weighted by Gasteiger charge is -2.34. The van der Waals surface area contributed by atoms with E-state index in [0.29, 0.717) is 12.2 Å². The molecular weight excluding hydrogens is 419 g/mol. The standard InChI is InChI=1S/C18H22ClFN6O2S/c1-10-6-12(25(2)23-10)9-21-17(27)15-8-16(26(3)29-24-15)18(28)22-11-4-5-14(20)13(19)7-11/h4-7,15-16,24H,8-9H2,1-3H3,(H,21,27)(H,22,28). The third-order valence-corrected chi connectivity index (χ3v) is 5.81. The van der Waals surface area contributed by atoms with E-state index in [9.17, 15) is 14.0 Å². The lowest BCUT2D eigenvalue weighted by atomic mass is 10.1. The average molecular weight is 441 g/mol. The van der Waals surface area contributed by atoms with Crippen molar-refractivity contribution in [2.75, 3.05) is 12.4 Å². The van der Waals surface area contributed by atoms with Crippen LogP contribution in [-0.2, 0) is 23.2 Å². The van der Waals surface area contributed by atoms with Gasteiger partial charge in [-0.3, -0.25) is 14.3 Å². The molecule has 1 saturated heterocycles. The fourth-order valence-corrected chi connectivity index (χ4v) is 3.98. The van der Waals surface area contributed by atoms with Crippen LogP contribution in [0.25, 0.3) is 0 Å². The van der Waals surface area contributed by atoms with Crippen LogP contribution in [0.15, 0.2) is 24.3 Å². The monoisotopic (exact) mass is 440 g/mol. The van der Waals surface area contributed by atoms with Gasteiger partial charge in [-0.05, 0) is 44.7 Å². The normalized spacial score (nSPS) is 19.8. The fraction of sp³-hybridized carbons (Fsp3) is 0.389. The molecule has 0 bridgehead atoms. The number of benzene rings is 1. The summed E-state index contributed by atoms with van der Waals surface area (Å²) < 4.78 is 19.8. The molecule has 8 nitrogen and oxygen atoms in total. The van der Waals surface area contributed by atoms with Crippen LogP contribution < -0.4 is 15.4 Å². The Morgan fingerprint density at radius 2 is 2.10 bits per heavy atom. The quantitative estimate of drug-likeness (QED) is 0.616. The molecule has 0 radical (unpaired) electrons. The second kappa shape index (κ2) is 9.12. The van der Waals surface area contributed by atoms with Crippen molar-refractivity contribution in [2.24, 2.45) is 7.05 Å². The fourth-order valence-electron chi connectivity index (χ4n) is 2.99. The predicted molar refractivity (Wildman–Crippen MR) is 111 cm³/mol. The van der Waals surface area contributed by atoms with Crippen LogP contribution >= 0.6 is 23.7 Å². The average Bonchev–Trinajstić information content (AvgIpc) is 3.00. The Morgan fingerprint density at radius 1 is 1.34 bits per heavy atom. The van der Waals surface area contributed by atoms with Gasteiger partial charge in [0.15, 0.2) is 0 Å². The van der Waals surface area contributed by atoms with Gasteiger partial charge in [0.1, 0.15) is 11.9 Å². The Kier molecular flexibility index (Phi) is 6.78. The maximum atomic E-state index is 13.3. The highest BCUT2D eigenvalue weighted by molar-refractivity contribution is 7.95. The summed E-state index contributed by atoms with van der Waals surface area (Å²) in [6.45, 7) is 2.23. The van der Waals surface area contributed by atoms with Crippen molar-refractivity contribution in [1.29, 1.82) is 0 Å². The summed E-state index contributed by atoms with van der Waals surface area (Å²) in [7, 11) is 3.58. The Balaban J connectivity index is 1.60. The van der Waals surface area contributed by atoms with Gasteiger partial charge in [0.25, 0.3) is 0 Å². The molecule has 0 aliphatic carbocycles. The van der Waals surface area contributed by atoms with E-state index in [0.717, 1.165) is 11.4 Å². The van der Waals surface area contributed by atoms with Crippen LogP contribution in [0.4, 0.5) is 10.1 Å². The van der Waals surface area contributed by atoms with Crippen LogP contribution in [0.5, 0.6) is 0 Å². The number of rotatable bonds is 5. The zero-order chi connectivity index (χ0) is 21.1. The number of likely N-dealkylation sites (N-methyl/N-ethyl adjacent to an activating group) is 1. The van der Waals surface area contributed by atoms with Crippen molar-refractivity contribution in [3.63, 3.8) is 0 Å². The molecule has 0 saturated carbocycles. The number of carbonyl (C=O) groups excluding carboxylic acids is 2. The van der Waals surface area contributed by atoms with Crippen molar-refractivity contribution in [3.05, 3.63) is 46.5 Å². The SMILES string of the molecule is Cc1cc(CNC(=O)C2CC(C(=O)Nc3ccc(F)c(Cl)c3)N(C)SN2)n(C)n1. The molecule has 1 aliphatic rings. The second-order valence-electron chi connectivity index (χ2n) is 6.80. The molecule has 2 amide bonds. The first-order chi connectivity index (χ1) is 13.7. The molecule has 29 heavy (non-hydrogen) atoms. The number of nitrogens with zero attached hydrogens (tertiary/aromatic N) is 3. The number of halogens is 2. The number of anilines is 1. The zero-order valence-corrected chi connectivity index (χ0v) is 17.8. The summed E-state index contributed by atoms with van der Waals surface area (Å²) in [5.41, 5.74) is 2.16. The molecule has 2 heterocycles. The Hall–Kier alpha value is -2.14. The van der Waals surface area contributed by atoms with Gasteiger partial charge in [-0.15, -0.1) is 0 Å². The number of aryl methyl sites for hydroxylation is 2. The number of carbonyl (C=O) groups is 2. The van der Waals surface area contributed by atoms with E-state index in [1.165, 1.54) is 30.3 Å². The molecule has 1 fully saturated rings. The van der Waals surface area contributed by atoms with Crippen molar-refractivity contribution >= 4 is 41.2 Å². The molecule has 156 valence electrons. The summed E-state index contributed by atoms with van der Waals surface area (Å²) in [4.78, 5) is 25.3. The first-order valence-electron chi connectivity index (χ1n) is 8.93. The minimum absolute atomic E-state index is 0.0708. The van der Waals surface area contributed by atoms with Crippen molar-refractivity contribution in [2.45, 2.75) is 32.0 Å². The van der Waals surface area contributed by atoms with Crippen LogP contribution in [0, 0.1) is 12.7 Å². The predicted octanol–water partition coefficient (Wildman–Crippen LogP) is 2.00. The summed E-state index contributed by atoms with van der Waals surface area (Å²) in [6.07, 6.45) is 0.278. The highest BCUT2D eigenvalue weighted by Gasteiger charge is 2.35. The highest BCUT2D eigenvalue weighted by atomic mass is 35.5. The Labute approximate surface area is 177 Å². The van der Waals surface area contributed by atoms with Gasteiger partial charge in [0.2, 0.25) is 11.8 Å². The minimum Gasteiger partial charge on any atom is -0.349 e. The summed E-state index contributed by atoms with van der Waals surface area (Å²) >= 11 is 6.96. The zero-order valence-electron chi connectivity index (χ0n) is 16.2. The van der Waals surface area contributed by atoms with Crippen molar-refractivity contribution in [1.82, 2.24) is 24.1 Å². The second-order valence-corrected chi connectivity index (χ2v) is 8.20. The molecule has 1 aromatic heterocycles. The molecule has 0 spiro atoms. The van der Waals surface area contributed by atoms with E-state index in [2.05, 4.69) is 20.5 Å². The van der Waals surface area contributed by atoms with Gasteiger partial charge in [-0.2, -0.15) is 5.10 Å². The number of aromatic nitrogens is 2. The number of hydrogen-bond donors (Lipinski definition) is 3. The maximum absolute atomic E-state index is 13.3. The largest absolute Gasteiger partial charge is 0.349 e. The van der Waals surface area contributed by atoms with Crippen LogP contribution in [0.3, 0.4) is 0 Å². The van der Waals surface area contributed by atoms with Gasteiger partial charge in [-0.1, -0.05) is 11.6 Å². The summed E-state index contributed by atoms with van der Waals surface area (Å²) in [5.74, 6) is -1.06. The van der Waals surface area contributed by atoms with E-state index >= 15 is 0 Å². The van der Waals surface area contributed by atoms with E-state index in [1.807, 2.05) is 20.0 Å². The smallest absolute Gasteiger partial charge is 0.242 e. The molecule has 1 aliphatic heterocycles. The van der Waals surface area contributed by atoms with E-state index in [4.69, 9.17) is 11.6 Å². The Bertz CT molecular complexity index is 924. The van der Waals surface area contributed by atoms with E-state index in [1.54, 1.807) is 16.0 Å². The third kappa shape index (κ3) is 5.27. The van der Waals surface area contributed by atoms with Gasteiger partial charge in [-0.25, -0.2) is 13.4 Å². The number of nitrogens with one attached hydrogen (secondary N) is 3. The third-order valence-electron chi connectivity index (χ3n) is 4.59. The lowest BCUT2D eigenvalue weighted by Crippen LogP contribution is -2.54. The molecule has 1 aromatic carbocycles. The summed E-state index contributed by atoms with van der Waals surface area (Å²) in [5, 5.41) is 9.78. The molecule has 2 atom stereocenters. The first kappa shape index (κ1) is 21.6. The first-order valence-corrected chi connectivity index (χ1v) is 10.1. The molecule has 3 rings (SSSR count). The minimum atomic E-state index is -0.556. The van der Waals surface area contributed by atoms with Gasteiger partial charge >= 0.3 is 0 Å². The number of hydrogen-bond acceptors (Lipinski definition) is 6. The van der Waals surface area contributed by atoms with Crippen molar-refractivity contribution in [3.8, 4) is 0 Å². The van der Waals surface area contributed by atoms with Crippen LogP contribution in [0.1, 0.15) is 17.8 Å². The highest BCUT2D eigenvalue weighted by Crippen LogP contribution is 2.24. The van der Waals surface area contributed by atoms with Gasteiger partial charge < -0.3 is 10.6 Å². The molecule has 3 N–H and O–H groups in total. The topological polar surface area (TPSA) is 91.3 Å². The molecule has 2 aromatic rings. The summed E-state index contributed by atoms with van der Waals surface area (Å²) in [6, 6.07) is 4.78. The maximum Gasteiger partial charge on any atom is 0.242 e. The lowest BCUT2D eigenvalue weighted by molar-refractivity contribution is -0.124. The van der Waals surface area contributed by atoms with Gasteiger partial charge in [0.05, 0.1) is 29.0 Å². The van der Waals surface area contributed by atoms with Crippen molar-refractivity contribution < 1.29 is 14.0 Å². The van der Waals surface area contributed by atoms with Crippen LogP contribution in [0.2, 0.25) is 5.02 Å².